The molecule has 3 aromatic rings. The van der Waals surface area contributed by atoms with Gasteiger partial charge >= 0.3 is 38.6 Å². The third-order valence-corrected chi connectivity index (χ3v) is 6.44. The van der Waals surface area contributed by atoms with Crippen LogP contribution in [0.2, 0.25) is 0 Å². The first-order chi connectivity index (χ1) is 9.82. The summed E-state index contributed by atoms with van der Waals surface area (Å²) in [7, 11) is -2.78. The van der Waals surface area contributed by atoms with Crippen LogP contribution in [-0.4, -0.2) is 0 Å². The van der Waals surface area contributed by atoms with Crippen LogP contribution in [0.15, 0.2) is 91.0 Å². The van der Waals surface area contributed by atoms with Crippen LogP contribution in [0.3, 0.4) is 0 Å². The summed E-state index contributed by atoms with van der Waals surface area (Å²) < 4.78 is 13.8. The van der Waals surface area contributed by atoms with Crippen molar-refractivity contribution in [3.05, 3.63) is 91.0 Å². The van der Waals surface area contributed by atoms with Crippen LogP contribution in [0.25, 0.3) is 0 Å². The molecule has 0 saturated heterocycles. The summed E-state index contributed by atoms with van der Waals surface area (Å²) in [6.07, 6.45) is 0. The van der Waals surface area contributed by atoms with Crippen LogP contribution in [0, 0.1) is 38.6 Å². The van der Waals surface area contributed by atoms with Gasteiger partial charge in [0.05, 0.1) is 0 Å². The fourth-order valence-electron chi connectivity index (χ4n) is 2.36. The average molecular weight is 437 g/mol. The molecule has 104 valence electrons. The van der Waals surface area contributed by atoms with E-state index >= 15 is 0 Å². The Kier molecular flexibility index (Phi) is 5.86. The number of hydrogen-bond acceptors (Lipinski definition) is 1. The molecule has 0 heterocycles. The van der Waals surface area contributed by atoms with Gasteiger partial charge in [-0.1, -0.05) is 91.0 Å². The maximum atomic E-state index is 13.8. The molecule has 0 aliphatic heterocycles. The fraction of sp³-hybridized carbons (Fsp3) is 0. The van der Waals surface area contributed by atoms with Crippen LogP contribution in [0.5, 0.6) is 0 Å². The van der Waals surface area contributed by atoms with E-state index in [4.69, 9.17) is 0 Å². The molecule has 0 amide bonds. The van der Waals surface area contributed by atoms with Gasteiger partial charge in [-0.25, -0.2) is 0 Å². The van der Waals surface area contributed by atoms with Gasteiger partial charge in [0.15, 0.2) is 7.14 Å². The molecule has 0 fully saturated rings. The molecule has 3 rings (SSSR count). The van der Waals surface area contributed by atoms with Gasteiger partial charge in [0.1, 0.15) is 0 Å². The minimum atomic E-state index is -2.78. The van der Waals surface area contributed by atoms with E-state index in [0.717, 1.165) is 15.9 Å². The zero-order valence-corrected chi connectivity index (χ0v) is 14.4. The van der Waals surface area contributed by atoms with E-state index in [1.54, 1.807) is 0 Å². The van der Waals surface area contributed by atoms with Crippen LogP contribution in [-0.2, 0) is 4.57 Å². The van der Waals surface area contributed by atoms with E-state index in [1.807, 2.05) is 91.0 Å². The quantitative estimate of drug-likeness (QED) is 0.575. The molecule has 3 aromatic carbocycles. The van der Waals surface area contributed by atoms with E-state index in [9.17, 15) is 4.57 Å². The third-order valence-electron chi connectivity index (χ3n) is 3.36. The molecule has 0 aromatic heterocycles. The second-order valence-electron chi connectivity index (χ2n) is 4.62. The Morgan fingerprint density at radius 3 is 0.952 bits per heavy atom. The van der Waals surface area contributed by atoms with Gasteiger partial charge in [0.25, 0.3) is 0 Å². The van der Waals surface area contributed by atoms with Crippen molar-refractivity contribution in [2.45, 2.75) is 0 Å². The molecule has 0 bridgehead atoms. The Hall–Kier alpha value is -0.824. The first kappa shape index (κ1) is 16.5. The number of hydrogen-bond donors (Lipinski definition) is 0. The summed E-state index contributed by atoms with van der Waals surface area (Å²) in [6.45, 7) is 0. The van der Waals surface area contributed by atoms with Gasteiger partial charge in [-0.15, -0.1) is 0 Å². The molecule has 0 radical (unpaired) electrons. The Labute approximate surface area is 156 Å². The van der Waals surface area contributed by atoms with Crippen molar-refractivity contribution in [3.8, 4) is 0 Å². The smallest absolute Gasteiger partial charge is 0.309 e. The Morgan fingerprint density at radius 2 is 0.714 bits per heavy atom. The number of benzene rings is 3. The first-order valence-corrected chi connectivity index (χ1v) is 8.29. The Bertz CT molecular complexity index is 624. The third kappa shape index (κ3) is 3.34. The summed E-state index contributed by atoms with van der Waals surface area (Å²) in [5.41, 5.74) is 0. The second kappa shape index (κ2) is 7.44. The van der Waals surface area contributed by atoms with E-state index in [1.165, 1.54) is 0 Å². The molecule has 0 spiro atoms. The van der Waals surface area contributed by atoms with Crippen molar-refractivity contribution < 1.29 is 43.2 Å². The van der Waals surface area contributed by atoms with Crippen LogP contribution >= 0.6 is 7.14 Å². The van der Waals surface area contributed by atoms with Crippen molar-refractivity contribution in [2.75, 3.05) is 0 Å². The van der Waals surface area contributed by atoms with Gasteiger partial charge in [-0.05, 0) is 0 Å². The van der Waals surface area contributed by atoms with Crippen molar-refractivity contribution in [2.24, 2.45) is 0 Å². The summed E-state index contributed by atoms with van der Waals surface area (Å²) in [5.74, 6) is 0. The Morgan fingerprint density at radius 1 is 0.476 bits per heavy atom. The normalized spacial score (nSPS) is 10.7. The van der Waals surface area contributed by atoms with Gasteiger partial charge < -0.3 is 4.57 Å². The van der Waals surface area contributed by atoms with Crippen LogP contribution < -0.4 is 15.9 Å². The maximum Gasteiger partial charge on any atom is 3.00 e. The van der Waals surface area contributed by atoms with Gasteiger partial charge in [-0.2, -0.15) is 0 Å². The first-order valence-electron chi connectivity index (χ1n) is 6.59. The molecule has 3 heteroatoms. The topological polar surface area (TPSA) is 17.1 Å². The van der Waals surface area contributed by atoms with Gasteiger partial charge in [0.2, 0.25) is 0 Å². The minimum absolute atomic E-state index is 0. The largest absolute Gasteiger partial charge is 3.00 e. The molecule has 0 unspecified atom stereocenters. The zero-order chi connectivity index (χ0) is 13.8. The van der Waals surface area contributed by atoms with Gasteiger partial charge in [-0.3, -0.25) is 0 Å². The van der Waals surface area contributed by atoms with Crippen molar-refractivity contribution in [1.82, 2.24) is 0 Å². The SMILES string of the molecule is O=P(c1ccccc1)(c1ccccc1)c1ccccc1.[Tb+3]. The molecular weight excluding hydrogens is 422 g/mol. The van der Waals surface area contributed by atoms with E-state index in [2.05, 4.69) is 0 Å². The molecule has 0 N–H and O–H groups in total. The molecule has 0 aliphatic carbocycles. The molecule has 0 atom stereocenters. The number of rotatable bonds is 3. The second-order valence-corrected chi connectivity index (χ2v) is 7.38. The molecule has 0 saturated carbocycles. The Balaban J connectivity index is 0.00000161. The van der Waals surface area contributed by atoms with Crippen molar-refractivity contribution in [1.29, 1.82) is 0 Å². The predicted octanol–water partition coefficient (Wildman–Crippen LogP) is 3.33. The summed E-state index contributed by atoms with van der Waals surface area (Å²) in [5, 5.41) is 2.62. The molecule has 1 nitrogen and oxygen atoms in total. The zero-order valence-electron chi connectivity index (χ0n) is 11.3. The standard InChI is InChI=1S/C18H15OP.Tb/c19-20(16-10-4-1-5-11-16,17-12-6-2-7-13-17)18-14-8-3-9-15-18;/h1-15H;/q;+3. The van der Waals surface area contributed by atoms with E-state index in [0.29, 0.717) is 0 Å². The molecule has 21 heavy (non-hydrogen) atoms. The van der Waals surface area contributed by atoms with Gasteiger partial charge in [0, 0.05) is 15.9 Å². The average Bonchev–Trinajstić information content (AvgIpc) is 2.56. The van der Waals surface area contributed by atoms with Crippen molar-refractivity contribution in [3.63, 3.8) is 0 Å². The van der Waals surface area contributed by atoms with Crippen molar-refractivity contribution >= 4 is 23.1 Å². The summed E-state index contributed by atoms with van der Waals surface area (Å²) >= 11 is 0. The fourth-order valence-corrected chi connectivity index (χ4v) is 5.03. The molecule has 0 aliphatic rings. The minimum Gasteiger partial charge on any atom is -0.309 e. The monoisotopic (exact) mass is 437 g/mol. The predicted molar refractivity (Wildman–Crippen MR) is 85.8 cm³/mol. The van der Waals surface area contributed by atoms with Crippen LogP contribution in [0.1, 0.15) is 0 Å². The van der Waals surface area contributed by atoms with E-state index < -0.39 is 7.14 Å². The summed E-state index contributed by atoms with van der Waals surface area (Å²) in [6, 6.07) is 29.1. The van der Waals surface area contributed by atoms with E-state index in [-0.39, 0.29) is 38.6 Å². The molecular formula is C18H15OPTb+3. The van der Waals surface area contributed by atoms with Crippen LogP contribution in [0.4, 0.5) is 0 Å². The summed E-state index contributed by atoms with van der Waals surface area (Å²) in [4.78, 5) is 0. The maximum absolute atomic E-state index is 13.8.